The SMILES string of the molecule is C=C1CN(Cc2c(O)cc(OC3OC(CO)[C@@H](N=O)C(O)[C@H]3O)c(C(=O)CCc3ccc(O)cc3)c2O)CCN1CC(=O)O. The standard InChI is InChI=1S/C29H35N3O12/c1-15-11-31(8-9-32(15)13-23(37)38)12-18-20(36)10-21(43-29-28(41)27(40)25(30-42)22(14-33)44-29)24(26(18)39)19(35)7-4-16-2-5-17(34)6-3-16/h2-3,5-6,10,22,25,27-29,33-34,36,39-41H,1,4,7-9,11-14H2,(H,37,38)/t22?,25-,27?,28-,29?/m1/s1. The van der Waals surface area contributed by atoms with Crippen molar-refractivity contribution in [3.05, 3.63) is 64.2 Å². The second-order valence-corrected chi connectivity index (χ2v) is 10.7. The summed E-state index contributed by atoms with van der Waals surface area (Å²) in [6, 6.07) is 5.72. The third-order valence-corrected chi connectivity index (χ3v) is 7.66. The molecule has 2 aliphatic heterocycles. The highest BCUT2D eigenvalue weighted by molar-refractivity contribution is 6.02. The number of carbonyl (C=O) groups excluding carboxylic acids is 1. The van der Waals surface area contributed by atoms with E-state index in [-0.39, 0.29) is 55.1 Å². The van der Waals surface area contributed by atoms with Crippen LogP contribution < -0.4 is 4.74 Å². The molecule has 238 valence electrons. The fourth-order valence-electron chi connectivity index (χ4n) is 5.23. The minimum Gasteiger partial charge on any atom is -0.508 e. The van der Waals surface area contributed by atoms with Crippen LogP contribution in [0.5, 0.6) is 23.0 Å². The molecule has 15 heteroatoms. The van der Waals surface area contributed by atoms with Crippen LogP contribution in [0, 0.1) is 4.91 Å². The molecule has 5 atom stereocenters. The summed E-state index contributed by atoms with van der Waals surface area (Å²) in [6.45, 7) is 3.81. The second-order valence-electron chi connectivity index (χ2n) is 10.7. The van der Waals surface area contributed by atoms with Crippen LogP contribution >= 0.6 is 0 Å². The van der Waals surface area contributed by atoms with Gasteiger partial charge in [0.15, 0.2) is 5.78 Å². The molecular formula is C29H35N3O12. The quantitative estimate of drug-likeness (QED) is 0.125. The maximum absolute atomic E-state index is 13.6. The van der Waals surface area contributed by atoms with E-state index < -0.39 is 60.5 Å². The Labute approximate surface area is 251 Å². The van der Waals surface area contributed by atoms with Gasteiger partial charge < -0.3 is 50.1 Å². The maximum Gasteiger partial charge on any atom is 0.323 e. The molecule has 2 fully saturated rings. The minimum atomic E-state index is -1.85. The Kier molecular flexibility index (Phi) is 10.4. The number of nitrogens with zero attached hydrogens (tertiary/aromatic N) is 3. The van der Waals surface area contributed by atoms with Crippen molar-refractivity contribution in [3.63, 3.8) is 0 Å². The number of ether oxygens (including phenoxy) is 2. The molecule has 3 unspecified atom stereocenters. The summed E-state index contributed by atoms with van der Waals surface area (Å²) in [5.41, 5.74) is 0.864. The van der Waals surface area contributed by atoms with Crippen molar-refractivity contribution in [2.24, 2.45) is 5.18 Å². The van der Waals surface area contributed by atoms with Gasteiger partial charge in [-0.1, -0.05) is 23.9 Å². The van der Waals surface area contributed by atoms with Crippen LogP contribution in [0.2, 0.25) is 0 Å². The summed E-state index contributed by atoms with van der Waals surface area (Å²) in [6.07, 6.45) is -6.64. The second kappa shape index (κ2) is 14.0. The highest BCUT2D eigenvalue weighted by Crippen LogP contribution is 2.41. The number of piperazine rings is 1. The number of aliphatic hydroxyl groups is 3. The molecule has 2 saturated heterocycles. The number of aryl methyl sites for hydroxylation is 1. The molecule has 2 aliphatic rings. The van der Waals surface area contributed by atoms with E-state index in [1.807, 2.05) is 0 Å². The van der Waals surface area contributed by atoms with Gasteiger partial charge in [-0.25, -0.2) is 0 Å². The van der Waals surface area contributed by atoms with E-state index >= 15 is 0 Å². The number of aliphatic carboxylic acids is 1. The van der Waals surface area contributed by atoms with Crippen LogP contribution in [-0.2, 0) is 22.5 Å². The molecule has 0 spiro atoms. The summed E-state index contributed by atoms with van der Waals surface area (Å²) in [7, 11) is 0. The molecular weight excluding hydrogens is 582 g/mol. The number of ketones is 1. The van der Waals surface area contributed by atoms with Gasteiger partial charge in [0.05, 0.1) is 12.2 Å². The number of phenolic OH excluding ortho intramolecular Hbond substituents is 3. The molecule has 0 saturated carbocycles. The van der Waals surface area contributed by atoms with Crippen LogP contribution in [-0.4, -0.2) is 121 Å². The van der Waals surface area contributed by atoms with Crippen molar-refractivity contribution < 1.29 is 54.8 Å². The number of aliphatic hydroxyl groups excluding tert-OH is 3. The summed E-state index contributed by atoms with van der Waals surface area (Å²) in [5, 5.41) is 74.2. The van der Waals surface area contributed by atoms with Crippen molar-refractivity contribution in [1.29, 1.82) is 0 Å². The van der Waals surface area contributed by atoms with Crippen LogP contribution in [0.1, 0.15) is 27.9 Å². The Morgan fingerprint density at radius 2 is 1.80 bits per heavy atom. The van der Waals surface area contributed by atoms with Gasteiger partial charge in [0, 0.05) is 44.4 Å². The summed E-state index contributed by atoms with van der Waals surface area (Å²) >= 11 is 0. The number of hydrogen-bond acceptors (Lipinski definition) is 14. The zero-order chi connectivity index (χ0) is 32.1. The van der Waals surface area contributed by atoms with Gasteiger partial charge >= 0.3 is 5.97 Å². The summed E-state index contributed by atoms with van der Waals surface area (Å²) in [4.78, 5) is 39.3. The van der Waals surface area contributed by atoms with Gasteiger partial charge in [-0.15, -0.1) is 0 Å². The number of benzene rings is 2. The first-order valence-electron chi connectivity index (χ1n) is 13.8. The number of carboxylic acid groups (broad SMARTS) is 1. The highest BCUT2D eigenvalue weighted by Gasteiger charge is 2.47. The van der Waals surface area contributed by atoms with E-state index in [0.717, 1.165) is 6.07 Å². The number of carboxylic acids is 1. The van der Waals surface area contributed by atoms with Crippen molar-refractivity contribution in [2.75, 3.05) is 32.8 Å². The molecule has 2 heterocycles. The van der Waals surface area contributed by atoms with Gasteiger partial charge in [-0.2, -0.15) is 4.91 Å². The molecule has 44 heavy (non-hydrogen) atoms. The van der Waals surface area contributed by atoms with E-state index in [1.165, 1.54) is 12.1 Å². The third kappa shape index (κ3) is 7.26. The average Bonchev–Trinajstić information content (AvgIpc) is 2.98. The van der Waals surface area contributed by atoms with Gasteiger partial charge in [-0.3, -0.25) is 14.5 Å². The van der Waals surface area contributed by atoms with Crippen molar-refractivity contribution in [3.8, 4) is 23.0 Å². The highest BCUT2D eigenvalue weighted by atomic mass is 16.7. The zero-order valence-corrected chi connectivity index (χ0v) is 23.7. The smallest absolute Gasteiger partial charge is 0.323 e. The number of rotatable bonds is 12. The first-order valence-corrected chi connectivity index (χ1v) is 13.8. The summed E-state index contributed by atoms with van der Waals surface area (Å²) < 4.78 is 11.1. The van der Waals surface area contributed by atoms with E-state index in [9.17, 15) is 45.1 Å². The van der Waals surface area contributed by atoms with Gasteiger partial charge in [0.1, 0.15) is 59.5 Å². The lowest BCUT2D eigenvalue weighted by atomic mass is 9.96. The van der Waals surface area contributed by atoms with Crippen LogP contribution in [0.3, 0.4) is 0 Å². The molecule has 7 N–H and O–H groups in total. The topological polar surface area (TPSA) is 230 Å². The van der Waals surface area contributed by atoms with Crippen molar-refractivity contribution in [2.45, 2.75) is 50.0 Å². The van der Waals surface area contributed by atoms with Crippen molar-refractivity contribution in [1.82, 2.24) is 9.80 Å². The molecule has 0 aromatic heterocycles. The molecule has 0 bridgehead atoms. The number of hydrogen-bond donors (Lipinski definition) is 7. The fourth-order valence-corrected chi connectivity index (χ4v) is 5.23. The Balaban J connectivity index is 1.64. The first-order chi connectivity index (χ1) is 20.9. The molecule has 0 aliphatic carbocycles. The van der Waals surface area contributed by atoms with Gasteiger partial charge in [-0.05, 0) is 24.1 Å². The number of carbonyl (C=O) groups is 2. The Bertz CT molecular complexity index is 1380. The van der Waals surface area contributed by atoms with Gasteiger partial charge in [0.25, 0.3) is 0 Å². The predicted octanol–water partition coefficient (Wildman–Crippen LogP) is 0.288. The lowest BCUT2D eigenvalue weighted by Crippen LogP contribution is -2.59. The number of aromatic hydroxyl groups is 3. The lowest BCUT2D eigenvalue weighted by molar-refractivity contribution is -0.247. The monoisotopic (exact) mass is 617 g/mol. The third-order valence-electron chi connectivity index (χ3n) is 7.66. The Morgan fingerprint density at radius 3 is 2.41 bits per heavy atom. The van der Waals surface area contributed by atoms with Crippen molar-refractivity contribution >= 4 is 11.8 Å². The Hall–Kier alpha value is -4.28. The molecule has 2 aromatic rings. The van der Waals surface area contributed by atoms with E-state index in [2.05, 4.69) is 11.8 Å². The normalized spacial score (nSPS) is 24.2. The molecule has 4 rings (SSSR count). The molecule has 2 aromatic carbocycles. The summed E-state index contributed by atoms with van der Waals surface area (Å²) in [5.74, 6) is -3.04. The van der Waals surface area contributed by atoms with E-state index in [4.69, 9.17) is 14.6 Å². The lowest BCUT2D eigenvalue weighted by Gasteiger charge is -2.39. The molecule has 0 amide bonds. The van der Waals surface area contributed by atoms with Crippen LogP contribution in [0.25, 0.3) is 0 Å². The van der Waals surface area contributed by atoms with E-state index in [0.29, 0.717) is 24.4 Å². The minimum absolute atomic E-state index is 0.0200. The number of nitroso groups, excluding NO2 is 1. The Morgan fingerprint density at radius 1 is 1.09 bits per heavy atom. The zero-order valence-electron chi connectivity index (χ0n) is 23.7. The number of Topliss-reactive ketones (excluding diaryl/α,β-unsaturated/α-hetero) is 1. The largest absolute Gasteiger partial charge is 0.508 e. The predicted molar refractivity (Wildman–Crippen MR) is 152 cm³/mol. The molecule has 15 nitrogen and oxygen atoms in total. The van der Waals surface area contributed by atoms with Crippen LogP contribution in [0.4, 0.5) is 0 Å². The van der Waals surface area contributed by atoms with Gasteiger partial charge in [0.2, 0.25) is 6.29 Å². The number of phenols is 3. The fraction of sp³-hybridized carbons (Fsp3) is 0.448. The first kappa shape index (κ1) is 32.6. The molecule has 0 radical (unpaired) electrons. The van der Waals surface area contributed by atoms with Crippen LogP contribution in [0.15, 0.2) is 47.8 Å². The van der Waals surface area contributed by atoms with E-state index in [1.54, 1.807) is 21.9 Å². The average molecular weight is 618 g/mol. The maximum atomic E-state index is 13.6.